The minimum atomic E-state index is -3.88. The van der Waals surface area contributed by atoms with Crippen molar-refractivity contribution in [1.82, 2.24) is 4.57 Å². The maximum atomic E-state index is 14.3. The fourth-order valence-corrected chi connectivity index (χ4v) is 7.24. The highest BCUT2D eigenvalue weighted by Crippen LogP contribution is 2.37. The van der Waals surface area contributed by atoms with E-state index >= 15 is 0 Å². The molecule has 0 saturated carbocycles. The van der Waals surface area contributed by atoms with Crippen LogP contribution in [0.3, 0.4) is 0 Å². The molecular weight excluding hydrogens is 598 g/mol. The molecule has 0 bridgehead atoms. The summed E-state index contributed by atoms with van der Waals surface area (Å²) in [6, 6.07) is 28.3. The Bertz CT molecular complexity index is 1780. The van der Waals surface area contributed by atoms with Crippen LogP contribution in [0.2, 0.25) is 0 Å². The van der Waals surface area contributed by atoms with E-state index < -0.39 is 33.4 Å². The smallest absolute Gasteiger partial charge is 0.308 e. The van der Waals surface area contributed by atoms with Gasteiger partial charge in [0.2, 0.25) is 9.84 Å². The lowest BCUT2D eigenvalue weighted by atomic mass is 10.0. The van der Waals surface area contributed by atoms with Crippen LogP contribution in [0.4, 0.5) is 0 Å². The number of nitrogens with zero attached hydrogens (tertiary/aromatic N) is 1. The second-order valence-corrected chi connectivity index (χ2v) is 15.1. The molecule has 46 heavy (non-hydrogen) atoms. The number of sulfone groups is 1. The molecule has 2 heterocycles. The maximum Gasteiger partial charge on any atom is 0.308 e. The molecular formula is C38H43NO6S. The van der Waals surface area contributed by atoms with Crippen LogP contribution in [-0.4, -0.2) is 42.6 Å². The van der Waals surface area contributed by atoms with Crippen molar-refractivity contribution >= 4 is 22.0 Å². The number of esters is 1. The SMILES string of the molecule is Cc1ccc(S(=O)(=O)c2cc(Cc3ccccc3)n(/C=C/[C@@H]3C[C@H](CC(=O)OC(C)(C)C)OC(C)(C)O3)c2-c2ccccc2)cc1. The first-order valence-electron chi connectivity index (χ1n) is 15.6. The third-order valence-corrected chi connectivity index (χ3v) is 9.41. The molecule has 1 saturated heterocycles. The molecule has 0 unspecified atom stereocenters. The summed E-state index contributed by atoms with van der Waals surface area (Å²) in [5.74, 6) is -1.27. The second kappa shape index (κ2) is 13.4. The van der Waals surface area contributed by atoms with Gasteiger partial charge < -0.3 is 18.8 Å². The predicted molar refractivity (Wildman–Crippen MR) is 180 cm³/mol. The quantitative estimate of drug-likeness (QED) is 0.172. The molecule has 2 atom stereocenters. The van der Waals surface area contributed by atoms with Crippen molar-refractivity contribution in [1.29, 1.82) is 0 Å². The summed E-state index contributed by atoms with van der Waals surface area (Å²) < 4.78 is 48.4. The van der Waals surface area contributed by atoms with Crippen molar-refractivity contribution in [2.75, 3.05) is 0 Å². The molecule has 8 heteroatoms. The van der Waals surface area contributed by atoms with Crippen LogP contribution in [0.5, 0.6) is 0 Å². The first kappa shape index (κ1) is 33.4. The standard InChI is InChI=1S/C38H43NO6S/c1-27-17-19-33(20-18-27)46(41,42)34-24-30(23-28-13-9-7-10-14-28)39(36(34)29-15-11-8-12-16-29)22-21-31-25-32(44-38(5,6)43-31)26-35(40)45-37(2,3)4/h7-22,24,31-32H,23,25-26H2,1-6H3/b22-21+/t31-,32-/m1/s1. The van der Waals surface area contributed by atoms with Crippen LogP contribution < -0.4 is 0 Å². The van der Waals surface area contributed by atoms with Crippen LogP contribution in [0, 0.1) is 6.92 Å². The van der Waals surface area contributed by atoms with Gasteiger partial charge in [0.25, 0.3) is 0 Å². The lowest BCUT2D eigenvalue weighted by molar-refractivity contribution is -0.290. The Morgan fingerprint density at radius 2 is 1.59 bits per heavy atom. The Balaban J connectivity index is 1.59. The Hall–Kier alpha value is -3.98. The molecule has 5 rings (SSSR count). The molecule has 4 aromatic rings. The van der Waals surface area contributed by atoms with Gasteiger partial charge in [0.15, 0.2) is 5.79 Å². The average molecular weight is 642 g/mol. The lowest BCUT2D eigenvalue weighted by Crippen LogP contribution is -2.45. The van der Waals surface area contributed by atoms with E-state index in [-0.39, 0.29) is 22.2 Å². The molecule has 1 fully saturated rings. The molecule has 0 amide bonds. The number of ether oxygens (including phenoxy) is 3. The summed E-state index contributed by atoms with van der Waals surface area (Å²) >= 11 is 0. The first-order valence-corrected chi connectivity index (χ1v) is 17.1. The lowest BCUT2D eigenvalue weighted by Gasteiger charge is -2.39. The minimum absolute atomic E-state index is 0.103. The van der Waals surface area contributed by atoms with E-state index in [9.17, 15) is 13.2 Å². The minimum Gasteiger partial charge on any atom is -0.460 e. The van der Waals surface area contributed by atoms with Gasteiger partial charge in [0, 0.05) is 24.7 Å². The zero-order valence-corrected chi connectivity index (χ0v) is 28.2. The predicted octanol–water partition coefficient (Wildman–Crippen LogP) is 8.00. The molecule has 1 aliphatic rings. The highest BCUT2D eigenvalue weighted by atomic mass is 32.2. The number of carbonyl (C=O) groups is 1. The highest BCUT2D eigenvalue weighted by Gasteiger charge is 2.36. The van der Waals surface area contributed by atoms with E-state index in [1.54, 1.807) is 18.2 Å². The summed E-state index contributed by atoms with van der Waals surface area (Å²) in [4.78, 5) is 13.1. The van der Waals surface area contributed by atoms with Gasteiger partial charge in [-0.3, -0.25) is 4.79 Å². The molecule has 3 aromatic carbocycles. The van der Waals surface area contributed by atoms with Gasteiger partial charge in [-0.2, -0.15) is 0 Å². The Morgan fingerprint density at radius 1 is 0.957 bits per heavy atom. The van der Waals surface area contributed by atoms with Crippen molar-refractivity contribution in [2.45, 2.75) is 94.2 Å². The summed E-state index contributed by atoms with van der Waals surface area (Å²) in [5.41, 5.74) is 3.59. The summed E-state index contributed by atoms with van der Waals surface area (Å²) in [5, 5.41) is 0. The van der Waals surface area contributed by atoms with Gasteiger partial charge in [-0.15, -0.1) is 0 Å². The zero-order valence-electron chi connectivity index (χ0n) is 27.4. The van der Waals surface area contributed by atoms with Gasteiger partial charge in [-0.1, -0.05) is 78.4 Å². The molecule has 1 aliphatic heterocycles. The molecule has 242 valence electrons. The fourth-order valence-electron chi connectivity index (χ4n) is 5.73. The van der Waals surface area contributed by atoms with Crippen molar-refractivity contribution in [3.63, 3.8) is 0 Å². The third kappa shape index (κ3) is 8.23. The highest BCUT2D eigenvalue weighted by molar-refractivity contribution is 7.91. The van der Waals surface area contributed by atoms with Crippen LogP contribution in [0.1, 0.15) is 64.3 Å². The second-order valence-electron chi connectivity index (χ2n) is 13.2. The largest absolute Gasteiger partial charge is 0.460 e. The van der Waals surface area contributed by atoms with E-state index in [4.69, 9.17) is 14.2 Å². The van der Waals surface area contributed by atoms with Crippen molar-refractivity contribution in [3.05, 3.63) is 114 Å². The van der Waals surface area contributed by atoms with E-state index in [0.29, 0.717) is 18.5 Å². The average Bonchev–Trinajstić information content (AvgIpc) is 3.34. The van der Waals surface area contributed by atoms with Gasteiger partial charge in [0.1, 0.15) is 5.60 Å². The normalized spacial score (nSPS) is 18.5. The van der Waals surface area contributed by atoms with E-state index in [1.165, 1.54) is 0 Å². The van der Waals surface area contributed by atoms with E-state index in [0.717, 1.165) is 22.4 Å². The summed E-state index contributed by atoms with van der Waals surface area (Å²) in [6.07, 6.45) is 4.06. The molecule has 0 aliphatic carbocycles. The summed E-state index contributed by atoms with van der Waals surface area (Å²) in [6.45, 7) is 11.1. The number of rotatable bonds is 9. The zero-order chi connectivity index (χ0) is 33.1. The van der Waals surface area contributed by atoms with Crippen LogP contribution in [0.15, 0.2) is 107 Å². The van der Waals surface area contributed by atoms with Crippen molar-refractivity contribution < 1.29 is 27.4 Å². The molecule has 1 aromatic heterocycles. The number of hydrogen-bond donors (Lipinski definition) is 0. The number of hydrogen-bond acceptors (Lipinski definition) is 6. The molecule has 0 radical (unpaired) electrons. The van der Waals surface area contributed by atoms with Crippen LogP contribution in [0.25, 0.3) is 17.5 Å². The third-order valence-electron chi connectivity index (χ3n) is 7.62. The van der Waals surface area contributed by atoms with Gasteiger partial charge in [-0.25, -0.2) is 8.42 Å². The summed E-state index contributed by atoms with van der Waals surface area (Å²) in [7, 11) is -3.88. The fraction of sp³-hybridized carbons (Fsp3) is 0.342. The monoisotopic (exact) mass is 641 g/mol. The van der Waals surface area contributed by atoms with Crippen LogP contribution in [-0.2, 0) is 35.3 Å². The van der Waals surface area contributed by atoms with Gasteiger partial charge in [-0.05, 0) is 76.9 Å². The topological polar surface area (TPSA) is 83.8 Å². The number of benzene rings is 3. The van der Waals surface area contributed by atoms with E-state index in [1.807, 2.05) is 131 Å². The first-order chi connectivity index (χ1) is 21.7. The Labute approximate surface area is 272 Å². The van der Waals surface area contributed by atoms with Crippen LogP contribution >= 0.6 is 0 Å². The molecule has 7 nitrogen and oxygen atoms in total. The maximum absolute atomic E-state index is 14.3. The molecule has 0 spiro atoms. The Morgan fingerprint density at radius 3 is 2.22 bits per heavy atom. The van der Waals surface area contributed by atoms with E-state index in [2.05, 4.69) is 0 Å². The number of carbonyl (C=O) groups excluding carboxylic acids is 1. The van der Waals surface area contributed by atoms with Crippen molar-refractivity contribution in [3.8, 4) is 11.3 Å². The van der Waals surface area contributed by atoms with Crippen molar-refractivity contribution in [2.24, 2.45) is 0 Å². The molecule has 0 N–H and O–H groups in total. The van der Waals surface area contributed by atoms with Gasteiger partial charge >= 0.3 is 5.97 Å². The van der Waals surface area contributed by atoms with Gasteiger partial charge in [0.05, 0.1) is 34.1 Å². The number of aryl methyl sites for hydroxylation is 1. The number of aromatic nitrogens is 1. The Kier molecular flexibility index (Phi) is 9.73.